The molecule has 3 aliphatic heterocycles. The molecule has 3 aliphatic rings. The molecule has 3 heterocycles. The minimum atomic E-state index is 0.625. The van der Waals surface area contributed by atoms with Crippen LogP contribution in [0.5, 0.6) is 0 Å². The van der Waals surface area contributed by atoms with E-state index in [1.807, 2.05) is 0 Å². The third-order valence-electron chi connectivity index (χ3n) is 2.03. The Labute approximate surface area is 60.2 Å². The van der Waals surface area contributed by atoms with Crippen molar-refractivity contribution in [3.8, 4) is 0 Å². The van der Waals surface area contributed by atoms with Crippen LogP contribution in [0, 0.1) is 0 Å². The third-order valence-corrected chi connectivity index (χ3v) is 3.21. The highest BCUT2D eigenvalue weighted by molar-refractivity contribution is 7.99. The van der Waals surface area contributed by atoms with E-state index in [1.165, 1.54) is 30.8 Å². The maximum Gasteiger partial charge on any atom is 0.0693 e. The summed E-state index contributed by atoms with van der Waals surface area (Å²) in [6.07, 6.45) is 5.29. The fourth-order valence-corrected chi connectivity index (χ4v) is 2.49. The number of thioether (sulfide) groups is 1. The molecule has 0 aromatic carbocycles. The van der Waals surface area contributed by atoms with Crippen molar-refractivity contribution >= 4 is 11.8 Å². The monoisotopic (exact) mass is 144 g/mol. The summed E-state index contributed by atoms with van der Waals surface area (Å²) in [5.74, 6) is 2.60. The van der Waals surface area contributed by atoms with Gasteiger partial charge in [0.15, 0.2) is 0 Å². The van der Waals surface area contributed by atoms with Crippen molar-refractivity contribution in [2.75, 3.05) is 11.5 Å². The van der Waals surface area contributed by atoms with Crippen LogP contribution < -0.4 is 0 Å². The van der Waals surface area contributed by atoms with E-state index in [9.17, 15) is 0 Å². The Morgan fingerprint density at radius 2 is 2.22 bits per heavy atom. The smallest absolute Gasteiger partial charge is 0.0693 e. The van der Waals surface area contributed by atoms with Gasteiger partial charge >= 0.3 is 0 Å². The number of ether oxygens (including phenoxy) is 1. The van der Waals surface area contributed by atoms with Crippen molar-refractivity contribution in [3.05, 3.63) is 0 Å². The molecule has 3 fully saturated rings. The first-order valence-corrected chi connectivity index (χ1v) is 4.84. The van der Waals surface area contributed by atoms with E-state index in [4.69, 9.17) is 4.74 Å². The quantitative estimate of drug-likeness (QED) is 0.511. The molecule has 2 unspecified atom stereocenters. The molecule has 52 valence electrons. The van der Waals surface area contributed by atoms with Gasteiger partial charge in [0, 0.05) is 12.2 Å². The van der Waals surface area contributed by atoms with E-state index in [2.05, 4.69) is 11.8 Å². The Hall–Kier alpha value is 0.310. The summed E-state index contributed by atoms with van der Waals surface area (Å²) < 4.78 is 5.56. The van der Waals surface area contributed by atoms with Crippen LogP contribution in [0.25, 0.3) is 0 Å². The SMILES string of the molecule is C1CSCC2CC(C1)O2. The van der Waals surface area contributed by atoms with Gasteiger partial charge in [0.05, 0.1) is 12.2 Å². The molecule has 0 radical (unpaired) electrons. The molecule has 2 heteroatoms. The minimum Gasteiger partial charge on any atom is -0.374 e. The summed E-state index contributed by atoms with van der Waals surface area (Å²) in [5, 5.41) is 0. The zero-order valence-corrected chi connectivity index (χ0v) is 6.32. The third kappa shape index (κ3) is 1.24. The van der Waals surface area contributed by atoms with Gasteiger partial charge in [-0.05, 0) is 18.6 Å². The highest BCUT2D eigenvalue weighted by atomic mass is 32.2. The number of hydrogen-bond acceptors (Lipinski definition) is 2. The van der Waals surface area contributed by atoms with Crippen LogP contribution in [-0.4, -0.2) is 23.7 Å². The summed E-state index contributed by atoms with van der Waals surface area (Å²) in [4.78, 5) is 0. The van der Waals surface area contributed by atoms with Gasteiger partial charge in [-0.15, -0.1) is 0 Å². The Bertz CT molecular complexity index is 83.6. The zero-order chi connectivity index (χ0) is 6.10. The number of fused-ring (bicyclic) bond motifs is 4. The lowest BCUT2D eigenvalue weighted by molar-refractivity contribution is -0.115. The van der Waals surface area contributed by atoms with Crippen molar-refractivity contribution in [1.29, 1.82) is 0 Å². The van der Waals surface area contributed by atoms with E-state index in [1.54, 1.807) is 0 Å². The molecule has 0 aromatic rings. The maximum atomic E-state index is 5.56. The summed E-state index contributed by atoms with van der Waals surface area (Å²) in [5.41, 5.74) is 0. The summed E-state index contributed by atoms with van der Waals surface area (Å²) in [6.45, 7) is 0. The fourth-order valence-electron chi connectivity index (χ4n) is 1.48. The van der Waals surface area contributed by atoms with Crippen LogP contribution in [0.2, 0.25) is 0 Å². The van der Waals surface area contributed by atoms with Gasteiger partial charge in [-0.2, -0.15) is 11.8 Å². The molecular formula is C7H12OS. The van der Waals surface area contributed by atoms with Crippen molar-refractivity contribution in [2.45, 2.75) is 31.5 Å². The van der Waals surface area contributed by atoms with Gasteiger partial charge in [-0.3, -0.25) is 0 Å². The van der Waals surface area contributed by atoms with Crippen molar-refractivity contribution in [2.24, 2.45) is 0 Å². The molecule has 1 nitrogen and oxygen atoms in total. The van der Waals surface area contributed by atoms with Crippen LogP contribution in [0.3, 0.4) is 0 Å². The van der Waals surface area contributed by atoms with Crippen molar-refractivity contribution < 1.29 is 4.74 Å². The van der Waals surface area contributed by atoms with Gasteiger partial charge in [0.25, 0.3) is 0 Å². The van der Waals surface area contributed by atoms with Gasteiger partial charge in [0.2, 0.25) is 0 Å². The normalized spacial score (nSPS) is 42.7. The van der Waals surface area contributed by atoms with Gasteiger partial charge in [-0.25, -0.2) is 0 Å². The molecule has 3 saturated heterocycles. The molecule has 0 amide bonds. The molecule has 3 rings (SSSR count). The molecular weight excluding hydrogens is 132 g/mol. The maximum absolute atomic E-state index is 5.56. The average molecular weight is 144 g/mol. The lowest BCUT2D eigenvalue weighted by Crippen LogP contribution is -2.40. The first-order chi connectivity index (χ1) is 4.45. The summed E-state index contributed by atoms with van der Waals surface area (Å²) in [6, 6.07) is 0. The lowest BCUT2D eigenvalue weighted by atomic mass is 10.0. The highest BCUT2D eigenvalue weighted by Crippen LogP contribution is 2.30. The predicted octanol–water partition coefficient (Wildman–Crippen LogP) is 1.67. The van der Waals surface area contributed by atoms with Crippen LogP contribution >= 0.6 is 11.8 Å². The zero-order valence-electron chi connectivity index (χ0n) is 5.51. The molecule has 2 atom stereocenters. The van der Waals surface area contributed by atoms with Crippen LogP contribution in [-0.2, 0) is 4.74 Å². The molecule has 0 N–H and O–H groups in total. The highest BCUT2D eigenvalue weighted by Gasteiger charge is 2.30. The molecule has 9 heavy (non-hydrogen) atoms. The Kier molecular flexibility index (Phi) is 1.68. The second kappa shape index (κ2) is 2.51. The Morgan fingerprint density at radius 1 is 1.33 bits per heavy atom. The fraction of sp³-hybridized carbons (Fsp3) is 1.00. The molecule has 0 spiro atoms. The second-order valence-electron chi connectivity index (χ2n) is 2.83. The number of rotatable bonds is 0. The first kappa shape index (κ1) is 6.05. The topological polar surface area (TPSA) is 9.23 Å². The minimum absolute atomic E-state index is 0.625. The van der Waals surface area contributed by atoms with Crippen LogP contribution in [0.1, 0.15) is 19.3 Å². The standard InChI is InChI=1S/C7H12OS/c1-2-6-4-7(8-6)5-9-3-1/h6-7H,1-5H2. The number of hydrogen-bond donors (Lipinski definition) is 0. The van der Waals surface area contributed by atoms with Crippen molar-refractivity contribution in [1.82, 2.24) is 0 Å². The van der Waals surface area contributed by atoms with Gasteiger partial charge in [-0.1, -0.05) is 0 Å². The molecule has 0 aromatic heterocycles. The van der Waals surface area contributed by atoms with E-state index in [0.717, 1.165) is 0 Å². The van der Waals surface area contributed by atoms with Crippen LogP contribution in [0.15, 0.2) is 0 Å². The molecule has 0 aliphatic carbocycles. The van der Waals surface area contributed by atoms with E-state index < -0.39 is 0 Å². The van der Waals surface area contributed by atoms with Gasteiger partial charge < -0.3 is 4.74 Å². The molecule has 0 saturated carbocycles. The van der Waals surface area contributed by atoms with E-state index >= 15 is 0 Å². The summed E-state index contributed by atoms with van der Waals surface area (Å²) >= 11 is 2.05. The van der Waals surface area contributed by atoms with E-state index in [0.29, 0.717) is 12.2 Å². The molecule has 2 bridgehead atoms. The van der Waals surface area contributed by atoms with E-state index in [-0.39, 0.29) is 0 Å². The average Bonchev–Trinajstić information content (AvgIpc) is 1.54. The predicted molar refractivity (Wildman–Crippen MR) is 39.8 cm³/mol. The van der Waals surface area contributed by atoms with Gasteiger partial charge in [0.1, 0.15) is 0 Å². The lowest BCUT2D eigenvalue weighted by Gasteiger charge is -2.37. The Balaban J connectivity index is 1.85. The second-order valence-corrected chi connectivity index (χ2v) is 3.98. The first-order valence-electron chi connectivity index (χ1n) is 3.68. The van der Waals surface area contributed by atoms with Crippen molar-refractivity contribution in [3.63, 3.8) is 0 Å². The largest absolute Gasteiger partial charge is 0.374 e. The Morgan fingerprint density at radius 3 is 3.11 bits per heavy atom. The van der Waals surface area contributed by atoms with Crippen LogP contribution in [0.4, 0.5) is 0 Å². The summed E-state index contributed by atoms with van der Waals surface area (Å²) in [7, 11) is 0.